The second kappa shape index (κ2) is 16.9. The van der Waals surface area contributed by atoms with E-state index >= 15 is 0 Å². The number of fused-ring (bicyclic) bond motifs is 10. The number of carboxylic acid groups (broad SMARTS) is 2. The summed E-state index contributed by atoms with van der Waals surface area (Å²) in [5.74, 6) is 7.68. The first-order valence-corrected chi connectivity index (χ1v) is 24.1. The summed E-state index contributed by atoms with van der Waals surface area (Å²) in [5.41, 5.74) is 1.54. The fraction of sp³-hybridized carbons (Fsp3) is 0.900. The molecular formula is C50H79NO7. The van der Waals surface area contributed by atoms with E-state index in [1.807, 2.05) is 0 Å². The number of nitrogens with one attached hydrogen (secondary N) is 1. The van der Waals surface area contributed by atoms with Gasteiger partial charge in [-0.2, -0.15) is 0 Å². The lowest BCUT2D eigenvalue weighted by Gasteiger charge is -2.60. The molecule has 0 unspecified atom stereocenters. The molecule has 326 valence electrons. The van der Waals surface area contributed by atoms with Gasteiger partial charge >= 0.3 is 11.9 Å². The Morgan fingerprint density at radius 1 is 0.569 bits per heavy atom. The van der Waals surface area contributed by atoms with Gasteiger partial charge in [-0.15, -0.1) is 0 Å². The second-order valence-corrected chi connectivity index (χ2v) is 22.9. The molecule has 0 saturated heterocycles. The van der Waals surface area contributed by atoms with E-state index in [-0.39, 0.29) is 12.5 Å². The third-order valence-electron chi connectivity index (χ3n) is 20.6. The van der Waals surface area contributed by atoms with Crippen LogP contribution in [0.1, 0.15) is 183 Å². The van der Waals surface area contributed by atoms with Gasteiger partial charge < -0.3 is 15.5 Å². The quantitative estimate of drug-likeness (QED) is 0.200. The van der Waals surface area contributed by atoms with E-state index in [0.29, 0.717) is 81.6 Å². The van der Waals surface area contributed by atoms with E-state index in [1.54, 1.807) is 0 Å². The molecule has 8 saturated carbocycles. The van der Waals surface area contributed by atoms with Gasteiger partial charge in [-0.25, -0.2) is 0 Å². The Morgan fingerprint density at radius 3 is 1.43 bits per heavy atom. The zero-order chi connectivity index (χ0) is 41.8. The van der Waals surface area contributed by atoms with Crippen LogP contribution in [0.2, 0.25) is 0 Å². The lowest BCUT2D eigenvalue weighted by atomic mass is 9.44. The molecule has 8 aliphatic carbocycles. The van der Waals surface area contributed by atoms with Gasteiger partial charge in [-0.05, 0) is 195 Å². The summed E-state index contributed by atoms with van der Waals surface area (Å²) in [7, 11) is 0. The third-order valence-corrected chi connectivity index (χ3v) is 20.6. The highest BCUT2D eigenvalue weighted by molar-refractivity contribution is 5.81. The Labute approximate surface area is 350 Å². The molecule has 1 amide bonds. The monoisotopic (exact) mass is 806 g/mol. The van der Waals surface area contributed by atoms with Crippen LogP contribution < -0.4 is 5.32 Å². The molecule has 0 aromatic carbocycles. The van der Waals surface area contributed by atoms with Crippen LogP contribution in [0.15, 0.2) is 0 Å². The van der Waals surface area contributed by atoms with Gasteiger partial charge in [0, 0.05) is 38.5 Å². The van der Waals surface area contributed by atoms with Crippen molar-refractivity contribution >= 4 is 29.4 Å². The van der Waals surface area contributed by atoms with Crippen molar-refractivity contribution in [3.63, 3.8) is 0 Å². The van der Waals surface area contributed by atoms with Gasteiger partial charge in [0.25, 0.3) is 0 Å². The number of hydrogen-bond donors (Lipinski definition) is 3. The number of carbonyl (C=O) groups is 5. The normalized spacial score (nSPS) is 45.1. The van der Waals surface area contributed by atoms with Crippen LogP contribution in [0, 0.1) is 92.7 Å². The maximum atomic E-state index is 12.1. The van der Waals surface area contributed by atoms with E-state index in [2.05, 4.69) is 46.9 Å². The lowest BCUT2D eigenvalue weighted by molar-refractivity contribution is -0.141. The maximum absolute atomic E-state index is 12.1. The summed E-state index contributed by atoms with van der Waals surface area (Å²) in [4.78, 5) is 57.8. The predicted molar refractivity (Wildman–Crippen MR) is 226 cm³/mol. The average molecular weight is 806 g/mol. The molecule has 8 aliphatic rings. The molecule has 0 aliphatic heterocycles. The van der Waals surface area contributed by atoms with Gasteiger partial charge in [0.05, 0.1) is 0 Å². The van der Waals surface area contributed by atoms with Crippen molar-refractivity contribution in [3.05, 3.63) is 0 Å². The lowest BCUT2D eigenvalue weighted by Crippen LogP contribution is -2.53. The number of carboxylic acids is 2. The van der Waals surface area contributed by atoms with Crippen LogP contribution >= 0.6 is 0 Å². The SMILES string of the molecule is C[C@H](CCC(=O)NCC(=O)O)[C@H]1CC[C@H]2[C@@H]3CC[C@@H]4CC(=O)CC[C@]4(C)[C@H]3CC[C@]12C.C[C@H](CCC(=O)O)[C@H]1CC[C@H]2[C@@H]3CC[C@@H]4CC(=O)CC[C@]4(C)[C@H]3CC[C@]12C. The van der Waals surface area contributed by atoms with Crippen LogP contribution in [0.3, 0.4) is 0 Å². The Balaban J connectivity index is 0.000000178. The summed E-state index contributed by atoms with van der Waals surface area (Å²) in [5, 5.41) is 20.3. The molecule has 16 atom stereocenters. The number of amides is 1. The molecular weight excluding hydrogens is 727 g/mol. The molecule has 8 fully saturated rings. The average Bonchev–Trinajstić information content (AvgIpc) is 3.73. The van der Waals surface area contributed by atoms with Crippen molar-refractivity contribution in [1.29, 1.82) is 0 Å². The number of carbonyl (C=O) groups excluding carboxylic acids is 3. The molecule has 8 rings (SSSR count). The van der Waals surface area contributed by atoms with E-state index in [0.717, 1.165) is 86.9 Å². The van der Waals surface area contributed by atoms with Crippen LogP contribution in [-0.4, -0.2) is 46.2 Å². The van der Waals surface area contributed by atoms with Gasteiger partial charge in [-0.3, -0.25) is 24.0 Å². The highest BCUT2D eigenvalue weighted by Gasteiger charge is 2.62. The molecule has 0 spiro atoms. The zero-order valence-corrected chi connectivity index (χ0v) is 37.1. The van der Waals surface area contributed by atoms with E-state index < -0.39 is 11.9 Å². The first-order chi connectivity index (χ1) is 27.4. The first kappa shape index (κ1) is 43.8. The van der Waals surface area contributed by atoms with E-state index in [4.69, 9.17) is 10.2 Å². The minimum atomic E-state index is -0.991. The van der Waals surface area contributed by atoms with E-state index in [9.17, 15) is 24.0 Å². The third kappa shape index (κ3) is 8.00. The van der Waals surface area contributed by atoms with Crippen molar-refractivity contribution in [3.8, 4) is 0 Å². The molecule has 0 heterocycles. The molecule has 3 N–H and O–H groups in total. The summed E-state index contributed by atoms with van der Waals surface area (Å²) in [6.45, 7) is 14.4. The van der Waals surface area contributed by atoms with Crippen LogP contribution in [0.25, 0.3) is 0 Å². The molecule has 0 bridgehead atoms. The molecule has 0 aromatic heterocycles. The minimum Gasteiger partial charge on any atom is -0.481 e. The van der Waals surface area contributed by atoms with E-state index in [1.165, 1.54) is 77.0 Å². The maximum Gasteiger partial charge on any atom is 0.322 e. The van der Waals surface area contributed by atoms with Gasteiger partial charge in [0.1, 0.15) is 18.1 Å². The Kier molecular flexibility index (Phi) is 12.8. The first-order valence-electron chi connectivity index (χ1n) is 24.1. The van der Waals surface area contributed by atoms with Gasteiger partial charge in [0.15, 0.2) is 0 Å². The minimum absolute atomic E-state index is 0.143. The summed E-state index contributed by atoms with van der Waals surface area (Å²) >= 11 is 0. The highest BCUT2D eigenvalue weighted by atomic mass is 16.4. The van der Waals surface area contributed by atoms with Crippen molar-refractivity contribution in [2.45, 2.75) is 183 Å². The Bertz CT molecular complexity index is 1580. The van der Waals surface area contributed by atoms with Crippen molar-refractivity contribution in [1.82, 2.24) is 5.32 Å². The number of aliphatic carboxylic acids is 2. The van der Waals surface area contributed by atoms with Gasteiger partial charge in [0.2, 0.25) is 5.91 Å². The smallest absolute Gasteiger partial charge is 0.322 e. The van der Waals surface area contributed by atoms with Crippen molar-refractivity contribution < 1.29 is 34.2 Å². The Morgan fingerprint density at radius 2 is 1.00 bits per heavy atom. The molecule has 0 radical (unpaired) electrons. The van der Waals surface area contributed by atoms with Crippen LogP contribution in [-0.2, 0) is 24.0 Å². The summed E-state index contributed by atoms with van der Waals surface area (Å²) < 4.78 is 0. The van der Waals surface area contributed by atoms with Crippen LogP contribution in [0.5, 0.6) is 0 Å². The fourth-order valence-corrected chi connectivity index (χ4v) is 17.4. The standard InChI is InChI=1S/C26H41NO4.C24H38O3/c1-16(4-9-23(29)27-15-24(30)31)20-7-8-21-19-6-5-17-14-18(28)10-12-25(17,2)22(19)11-13-26(20,21)3;1-15(4-9-22(26)27)19-7-8-20-18-6-5-16-14-17(25)10-12-23(16,2)21(18)11-13-24(19,20)3/h16-17,19-22H,4-15H2,1-3H3,(H,27,29)(H,30,31);15-16,18-21H,4-14H2,1-3H3,(H,26,27)/t16-,17-,19+,20-,21+,22+,25+,26-;15-,16-,18+,19-,20+,21+,23+,24-/m11/s1. The highest BCUT2D eigenvalue weighted by Crippen LogP contribution is 2.70. The number of Topliss-reactive ketones (excluding diaryl/α,β-unsaturated/α-hetero) is 2. The van der Waals surface area contributed by atoms with Gasteiger partial charge in [-0.1, -0.05) is 41.5 Å². The Hall–Kier alpha value is -2.25. The summed E-state index contributed by atoms with van der Waals surface area (Å²) in [6, 6.07) is 0. The molecule has 58 heavy (non-hydrogen) atoms. The predicted octanol–water partition coefficient (Wildman–Crippen LogP) is 10.5. The zero-order valence-electron chi connectivity index (χ0n) is 37.1. The van der Waals surface area contributed by atoms with Crippen molar-refractivity contribution in [2.75, 3.05) is 6.54 Å². The number of ketones is 2. The largest absolute Gasteiger partial charge is 0.481 e. The number of hydrogen-bond acceptors (Lipinski definition) is 5. The number of rotatable bonds is 10. The van der Waals surface area contributed by atoms with Crippen molar-refractivity contribution in [2.24, 2.45) is 92.7 Å². The summed E-state index contributed by atoms with van der Waals surface area (Å²) in [6.07, 6.45) is 23.5. The topological polar surface area (TPSA) is 138 Å². The fourth-order valence-electron chi connectivity index (χ4n) is 17.4. The van der Waals surface area contributed by atoms with Crippen LogP contribution in [0.4, 0.5) is 0 Å². The molecule has 0 aromatic rings. The second-order valence-electron chi connectivity index (χ2n) is 22.9. The molecule has 8 nitrogen and oxygen atoms in total. The molecule has 8 heteroatoms.